The fourth-order valence-electron chi connectivity index (χ4n) is 1.10. The van der Waals surface area contributed by atoms with Gasteiger partial charge in [0.1, 0.15) is 5.82 Å². The average Bonchev–Trinajstić information content (AvgIpc) is 2.76. The lowest BCUT2D eigenvalue weighted by Gasteiger charge is -1.90. The van der Waals surface area contributed by atoms with Crippen molar-refractivity contribution in [3.8, 4) is 0 Å². The maximum atomic E-state index is 8.33. The predicted molar refractivity (Wildman–Crippen MR) is 64.6 cm³/mol. The Morgan fingerprint density at radius 1 is 1.31 bits per heavy atom. The molecule has 0 spiro atoms. The van der Waals surface area contributed by atoms with E-state index < -0.39 is 0 Å². The van der Waals surface area contributed by atoms with Crippen molar-refractivity contribution in [1.82, 2.24) is 4.98 Å². The third-order valence-corrected chi connectivity index (χ3v) is 2.55. The molecule has 2 aromatic rings. The summed E-state index contributed by atoms with van der Waals surface area (Å²) in [4.78, 5) is 11.6. The number of aromatic nitrogens is 1. The van der Waals surface area contributed by atoms with Crippen LogP contribution in [0.2, 0.25) is 0 Å². The molecule has 0 fully saturated rings. The summed E-state index contributed by atoms with van der Waals surface area (Å²) in [6.07, 6.45) is 1.65. The Hall–Kier alpha value is -2.17. The summed E-state index contributed by atoms with van der Waals surface area (Å²) < 4.78 is 0. The molecule has 1 aromatic heterocycles. The Balaban J connectivity index is 2.24. The van der Waals surface area contributed by atoms with E-state index in [4.69, 9.17) is 5.53 Å². The van der Waals surface area contributed by atoms with Crippen LogP contribution in [0.1, 0.15) is 4.88 Å². The largest absolute Gasteiger partial charge is 0.255 e. The highest BCUT2D eigenvalue weighted by Gasteiger charge is 2.00. The summed E-state index contributed by atoms with van der Waals surface area (Å²) in [5.74, 6) is 0.368. The third kappa shape index (κ3) is 2.44. The third-order valence-electron chi connectivity index (χ3n) is 1.80. The number of aliphatic imine (C=N–C) groups is 1. The highest BCUT2D eigenvalue weighted by Crippen LogP contribution is 2.20. The number of nitrogens with zero attached hydrogens (tertiary/aromatic N) is 5. The molecular weight excluding hydrogens is 222 g/mol. The number of benzene rings is 1. The maximum Gasteiger partial charge on any atom is 0.146 e. The van der Waals surface area contributed by atoms with E-state index in [-0.39, 0.29) is 0 Å². The summed E-state index contributed by atoms with van der Waals surface area (Å²) >= 11 is 1.38. The standard InChI is InChI=1S/C10H7N5S/c11-15-14-10-9(16-7-13-10)6-12-8-4-2-1-3-5-8/h1-7H. The van der Waals surface area contributed by atoms with Gasteiger partial charge in [-0.3, -0.25) is 4.99 Å². The minimum atomic E-state index is 0.368. The fourth-order valence-corrected chi connectivity index (χ4v) is 1.68. The molecule has 5 nitrogen and oxygen atoms in total. The Kier molecular flexibility index (Phi) is 3.28. The van der Waals surface area contributed by atoms with Crippen LogP contribution in [0.4, 0.5) is 11.5 Å². The van der Waals surface area contributed by atoms with Gasteiger partial charge in [-0.25, -0.2) is 4.98 Å². The van der Waals surface area contributed by atoms with Gasteiger partial charge in [-0.2, -0.15) is 0 Å². The molecule has 0 N–H and O–H groups in total. The van der Waals surface area contributed by atoms with Gasteiger partial charge in [0.25, 0.3) is 0 Å². The number of azide groups is 1. The topological polar surface area (TPSA) is 74.0 Å². The Morgan fingerprint density at radius 2 is 2.12 bits per heavy atom. The molecule has 0 aliphatic heterocycles. The monoisotopic (exact) mass is 229 g/mol. The first-order valence-corrected chi connectivity index (χ1v) is 5.36. The van der Waals surface area contributed by atoms with Gasteiger partial charge in [-0.1, -0.05) is 18.2 Å². The van der Waals surface area contributed by atoms with Crippen molar-refractivity contribution in [2.45, 2.75) is 0 Å². The molecule has 78 valence electrons. The molecule has 0 aliphatic rings. The van der Waals surface area contributed by atoms with E-state index in [1.54, 1.807) is 11.7 Å². The Bertz CT molecular complexity index is 539. The van der Waals surface area contributed by atoms with Gasteiger partial charge < -0.3 is 0 Å². The van der Waals surface area contributed by atoms with Gasteiger partial charge in [0.2, 0.25) is 0 Å². The molecule has 0 amide bonds. The zero-order valence-electron chi connectivity index (χ0n) is 8.19. The van der Waals surface area contributed by atoms with Gasteiger partial charge >= 0.3 is 0 Å². The van der Waals surface area contributed by atoms with Crippen molar-refractivity contribution in [2.24, 2.45) is 10.1 Å². The summed E-state index contributed by atoms with van der Waals surface area (Å²) in [6, 6.07) is 9.54. The first-order chi connectivity index (χ1) is 7.90. The van der Waals surface area contributed by atoms with Crippen LogP contribution in [0.15, 0.2) is 45.9 Å². The van der Waals surface area contributed by atoms with Crippen LogP contribution in [0.25, 0.3) is 10.4 Å². The van der Waals surface area contributed by atoms with Crippen LogP contribution in [-0.4, -0.2) is 11.2 Å². The van der Waals surface area contributed by atoms with Gasteiger partial charge in [0.15, 0.2) is 0 Å². The zero-order chi connectivity index (χ0) is 11.2. The number of para-hydroxylation sites is 1. The van der Waals surface area contributed by atoms with Crippen molar-refractivity contribution in [3.05, 3.63) is 51.2 Å². The smallest absolute Gasteiger partial charge is 0.146 e. The zero-order valence-corrected chi connectivity index (χ0v) is 9.00. The van der Waals surface area contributed by atoms with E-state index in [1.807, 2.05) is 30.3 Å². The van der Waals surface area contributed by atoms with Crippen LogP contribution in [0, 0.1) is 0 Å². The van der Waals surface area contributed by atoms with Crippen LogP contribution < -0.4 is 0 Å². The van der Waals surface area contributed by atoms with Gasteiger partial charge in [0.05, 0.1) is 16.1 Å². The van der Waals surface area contributed by atoms with E-state index >= 15 is 0 Å². The molecule has 1 heterocycles. The second-order valence-electron chi connectivity index (χ2n) is 2.82. The lowest BCUT2D eigenvalue weighted by molar-refractivity contribution is 1.32. The lowest BCUT2D eigenvalue weighted by Crippen LogP contribution is -1.74. The number of hydrogen-bond donors (Lipinski definition) is 0. The summed E-state index contributed by atoms with van der Waals surface area (Å²) in [5, 5.41) is 3.47. The van der Waals surface area contributed by atoms with E-state index in [1.165, 1.54) is 11.3 Å². The molecule has 0 bridgehead atoms. The second-order valence-corrected chi connectivity index (χ2v) is 3.71. The maximum absolute atomic E-state index is 8.33. The second kappa shape index (κ2) is 5.06. The first kappa shape index (κ1) is 10.4. The lowest BCUT2D eigenvalue weighted by atomic mass is 10.3. The number of hydrogen-bond acceptors (Lipinski definition) is 4. The molecule has 2 rings (SSSR count). The number of thiazole rings is 1. The van der Waals surface area contributed by atoms with Crippen molar-refractivity contribution in [1.29, 1.82) is 0 Å². The molecule has 0 saturated heterocycles. The number of rotatable bonds is 3. The summed E-state index contributed by atoms with van der Waals surface area (Å²) in [7, 11) is 0. The molecule has 1 aromatic carbocycles. The van der Waals surface area contributed by atoms with E-state index in [0.717, 1.165) is 10.6 Å². The highest BCUT2D eigenvalue weighted by molar-refractivity contribution is 7.11. The average molecular weight is 229 g/mol. The Labute approximate surface area is 95.7 Å². The van der Waals surface area contributed by atoms with Crippen LogP contribution >= 0.6 is 11.3 Å². The first-order valence-electron chi connectivity index (χ1n) is 4.48. The molecule has 6 heteroatoms. The SMILES string of the molecule is [N-]=[N+]=Nc1ncsc1C=Nc1ccccc1. The molecule has 0 unspecified atom stereocenters. The summed E-state index contributed by atoms with van der Waals surface area (Å²) in [5.41, 5.74) is 10.8. The van der Waals surface area contributed by atoms with Crippen LogP contribution in [0.3, 0.4) is 0 Å². The van der Waals surface area contributed by atoms with Crippen molar-refractivity contribution in [2.75, 3.05) is 0 Å². The van der Waals surface area contributed by atoms with E-state index in [9.17, 15) is 0 Å². The Morgan fingerprint density at radius 3 is 2.88 bits per heavy atom. The van der Waals surface area contributed by atoms with Gasteiger partial charge in [-0.05, 0) is 22.8 Å². The van der Waals surface area contributed by atoms with Crippen LogP contribution in [0.5, 0.6) is 0 Å². The molecule has 0 radical (unpaired) electrons. The normalized spacial score (nSPS) is 10.2. The minimum absolute atomic E-state index is 0.368. The quantitative estimate of drug-likeness (QED) is 0.341. The fraction of sp³-hybridized carbons (Fsp3) is 0. The van der Waals surface area contributed by atoms with Gasteiger partial charge in [0, 0.05) is 11.1 Å². The van der Waals surface area contributed by atoms with Crippen molar-refractivity contribution in [3.63, 3.8) is 0 Å². The highest BCUT2D eigenvalue weighted by atomic mass is 32.1. The predicted octanol–water partition coefficient (Wildman–Crippen LogP) is 3.84. The van der Waals surface area contributed by atoms with Gasteiger partial charge in [-0.15, -0.1) is 11.3 Å². The van der Waals surface area contributed by atoms with E-state index in [0.29, 0.717) is 5.82 Å². The minimum Gasteiger partial charge on any atom is -0.255 e. The summed E-state index contributed by atoms with van der Waals surface area (Å²) in [6.45, 7) is 0. The van der Waals surface area contributed by atoms with Crippen LogP contribution in [-0.2, 0) is 0 Å². The molecule has 0 aliphatic carbocycles. The van der Waals surface area contributed by atoms with E-state index in [2.05, 4.69) is 20.0 Å². The molecule has 0 atom stereocenters. The van der Waals surface area contributed by atoms with Crippen molar-refractivity contribution >= 4 is 29.1 Å². The molecular formula is C10H7N5S. The molecule has 0 saturated carbocycles. The molecule has 16 heavy (non-hydrogen) atoms. The van der Waals surface area contributed by atoms with Crippen molar-refractivity contribution < 1.29 is 0 Å².